The van der Waals surface area contributed by atoms with Gasteiger partial charge in [-0.25, -0.2) is 4.98 Å². The number of hydrogen-bond acceptors (Lipinski definition) is 3. The average Bonchev–Trinajstić information content (AvgIpc) is 3.63. The van der Waals surface area contributed by atoms with Crippen molar-refractivity contribution < 1.29 is 0 Å². The molecule has 0 unspecified atom stereocenters. The summed E-state index contributed by atoms with van der Waals surface area (Å²) in [6.07, 6.45) is 3.73. The van der Waals surface area contributed by atoms with Crippen molar-refractivity contribution in [2.24, 2.45) is 0 Å². The van der Waals surface area contributed by atoms with Crippen LogP contribution in [0.25, 0.3) is 87.2 Å². The highest BCUT2D eigenvalue weighted by Crippen LogP contribution is 2.41. The number of aromatic nitrogens is 2. The second-order valence-electron chi connectivity index (χ2n) is 12.3. The van der Waals surface area contributed by atoms with Gasteiger partial charge < -0.3 is 0 Å². The van der Waals surface area contributed by atoms with E-state index in [1.54, 1.807) is 11.3 Å². The molecule has 49 heavy (non-hydrogen) atoms. The Morgan fingerprint density at radius 2 is 1.02 bits per heavy atom. The highest BCUT2D eigenvalue weighted by Gasteiger charge is 2.16. The fourth-order valence-electron chi connectivity index (χ4n) is 6.72. The predicted molar refractivity (Wildman–Crippen MR) is 208 cm³/mol. The molecule has 0 saturated carbocycles. The van der Waals surface area contributed by atoms with Gasteiger partial charge >= 0.3 is 0 Å². The standard InChI is InChI=1S/C46H30N2S/c1-2-10-31(11-3-1)35-14-6-16-37(26-35)40-28-43(38-17-7-15-36(27-38)39-18-9-25-47-30-39)45-44(29-40)49-46(48-45)34-23-21-33(22-24-34)42-20-8-13-32-12-4-5-19-41(32)42/h1-30H. The van der Waals surface area contributed by atoms with E-state index in [4.69, 9.17) is 4.98 Å². The first-order chi connectivity index (χ1) is 24.3. The largest absolute Gasteiger partial charge is 0.264 e. The van der Waals surface area contributed by atoms with Gasteiger partial charge in [-0.3, -0.25) is 4.98 Å². The topological polar surface area (TPSA) is 25.8 Å². The summed E-state index contributed by atoms with van der Waals surface area (Å²) in [5.41, 5.74) is 13.8. The molecule has 0 amide bonds. The molecule has 0 spiro atoms. The summed E-state index contributed by atoms with van der Waals surface area (Å²) in [4.78, 5) is 9.69. The quantitative estimate of drug-likeness (QED) is 0.180. The number of hydrogen-bond donors (Lipinski definition) is 0. The van der Waals surface area contributed by atoms with Crippen LogP contribution in [-0.2, 0) is 0 Å². The molecule has 2 heterocycles. The third-order valence-electron chi connectivity index (χ3n) is 9.20. The van der Waals surface area contributed by atoms with E-state index in [9.17, 15) is 0 Å². The van der Waals surface area contributed by atoms with Crippen LogP contribution in [-0.4, -0.2) is 9.97 Å². The Kier molecular flexibility index (Phi) is 7.38. The Balaban J connectivity index is 1.17. The summed E-state index contributed by atoms with van der Waals surface area (Å²) in [5.74, 6) is 0. The number of benzene rings is 7. The minimum Gasteiger partial charge on any atom is -0.264 e. The van der Waals surface area contributed by atoms with Gasteiger partial charge in [0.15, 0.2) is 0 Å². The maximum Gasteiger partial charge on any atom is 0.124 e. The Labute approximate surface area is 289 Å². The number of nitrogens with zero attached hydrogens (tertiary/aromatic N) is 2. The van der Waals surface area contributed by atoms with Crippen LogP contribution in [0.5, 0.6) is 0 Å². The molecule has 0 aliphatic carbocycles. The summed E-state index contributed by atoms with van der Waals surface area (Å²) in [6, 6.07) is 60.8. The Bertz CT molecular complexity index is 2580. The van der Waals surface area contributed by atoms with Gasteiger partial charge in [-0.1, -0.05) is 140 Å². The van der Waals surface area contributed by atoms with Crippen LogP contribution >= 0.6 is 11.3 Å². The van der Waals surface area contributed by atoms with Crippen molar-refractivity contribution in [3.8, 4) is 66.2 Å². The van der Waals surface area contributed by atoms with E-state index >= 15 is 0 Å². The molecule has 0 fully saturated rings. The summed E-state index contributed by atoms with van der Waals surface area (Å²) in [5, 5.41) is 3.53. The second-order valence-corrected chi connectivity index (χ2v) is 13.3. The van der Waals surface area contributed by atoms with E-state index in [0.717, 1.165) is 43.0 Å². The molecule has 0 bridgehead atoms. The van der Waals surface area contributed by atoms with Crippen LogP contribution in [0.4, 0.5) is 0 Å². The van der Waals surface area contributed by atoms with Crippen LogP contribution in [0.2, 0.25) is 0 Å². The molecule has 0 atom stereocenters. The van der Waals surface area contributed by atoms with E-state index in [1.165, 1.54) is 44.2 Å². The Morgan fingerprint density at radius 1 is 0.388 bits per heavy atom. The maximum atomic E-state index is 5.32. The van der Waals surface area contributed by atoms with Gasteiger partial charge in [0.05, 0.1) is 10.2 Å². The first-order valence-electron chi connectivity index (χ1n) is 16.5. The molecule has 9 rings (SSSR count). The molecule has 0 N–H and O–H groups in total. The lowest BCUT2D eigenvalue weighted by Crippen LogP contribution is -1.87. The van der Waals surface area contributed by atoms with Gasteiger partial charge in [0, 0.05) is 29.1 Å². The van der Waals surface area contributed by atoms with Crippen molar-refractivity contribution >= 4 is 32.3 Å². The summed E-state index contributed by atoms with van der Waals surface area (Å²) in [7, 11) is 0. The van der Waals surface area contributed by atoms with E-state index in [2.05, 4.69) is 169 Å². The molecule has 230 valence electrons. The molecule has 0 aliphatic heterocycles. The van der Waals surface area contributed by atoms with Gasteiger partial charge in [-0.05, 0) is 85.6 Å². The SMILES string of the molecule is c1ccc(-c2cccc(-c3cc(-c4cccc(-c5cccnc5)c4)c4nc(-c5ccc(-c6cccc7ccccc67)cc5)sc4c3)c2)cc1. The van der Waals surface area contributed by atoms with Crippen LogP contribution in [0.1, 0.15) is 0 Å². The summed E-state index contributed by atoms with van der Waals surface area (Å²) in [6.45, 7) is 0. The molecule has 2 aromatic heterocycles. The third-order valence-corrected chi connectivity index (χ3v) is 10.3. The zero-order valence-electron chi connectivity index (χ0n) is 26.6. The smallest absolute Gasteiger partial charge is 0.124 e. The lowest BCUT2D eigenvalue weighted by molar-refractivity contribution is 1.33. The van der Waals surface area contributed by atoms with E-state index in [0.29, 0.717) is 0 Å². The second kappa shape index (κ2) is 12.5. The highest BCUT2D eigenvalue weighted by atomic mass is 32.1. The van der Waals surface area contributed by atoms with Crippen molar-refractivity contribution in [1.29, 1.82) is 0 Å². The lowest BCUT2D eigenvalue weighted by Gasteiger charge is -2.11. The Hall–Kier alpha value is -6.16. The van der Waals surface area contributed by atoms with Crippen molar-refractivity contribution in [1.82, 2.24) is 9.97 Å². The number of thiazole rings is 1. The van der Waals surface area contributed by atoms with Crippen molar-refractivity contribution in [2.75, 3.05) is 0 Å². The van der Waals surface area contributed by atoms with Gasteiger partial charge in [-0.2, -0.15) is 0 Å². The molecule has 9 aromatic rings. The molecule has 7 aromatic carbocycles. The first-order valence-corrected chi connectivity index (χ1v) is 17.3. The normalized spacial score (nSPS) is 11.3. The summed E-state index contributed by atoms with van der Waals surface area (Å²) < 4.78 is 1.16. The molecule has 2 nitrogen and oxygen atoms in total. The van der Waals surface area contributed by atoms with Crippen molar-refractivity contribution in [2.45, 2.75) is 0 Å². The molecule has 0 saturated heterocycles. The van der Waals surface area contributed by atoms with Gasteiger partial charge in [0.1, 0.15) is 5.01 Å². The van der Waals surface area contributed by atoms with Gasteiger partial charge in [-0.15, -0.1) is 11.3 Å². The molecular formula is C46H30N2S. The van der Waals surface area contributed by atoms with Crippen LogP contribution in [0, 0.1) is 0 Å². The van der Waals surface area contributed by atoms with Gasteiger partial charge in [0.25, 0.3) is 0 Å². The molecule has 3 heteroatoms. The first kappa shape index (κ1) is 29.0. The van der Waals surface area contributed by atoms with Crippen LogP contribution in [0.3, 0.4) is 0 Å². The number of fused-ring (bicyclic) bond motifs is 2. The Morgan fingerprint density at radius 3 is 1.84 bits per heavy atom. The monoisotopic (exact) mass is 642 g/mol. The van der Waals surface area contributed by atoms with E-state index in [1.807, 2.05) is 18.5 Å². The zero-order chi connectivity index (χ0) is 32.6. The number of rotatable bonds is 6. The fourth-order valence-corrected chi connectivity index (χ4v) is 7.76. The van der Waals surface area contributed by atoms with Crippen molar-refractivity contribution in [3.05, 3.63) is 182 Å². The lowest BCUT2D eigenvalue weighted by atomic mass is 9.94. The average molecular weight is 643 g/mol. The number of pyridine rings is 1. The molecular weight excluding hydrogens is 613 g/mol. The maximum absolute atomic E-state index is 5.32. The minimum absolute atomic E-state index is 1.01. The van der Waals surface area contributed by atoms with E-state index < -0.39 is 0 Å². The van der Waals surface area contributed by atoms with E-state index in [-0.39, 0.29) is 0 Å². The van der Waals surface area contributed by atoms with Crippen molar-refractivity contribution in [3.63, 3.8) is 0 Å². The van der Waals surface area contributed by atoms with Crippen LogP contribution < -0.4 is 0 Å². The molecule has 0 radical (unpaired) electrons. The minimum atomic E-state index is 1.01. The summed E-state index contributed by atoms with van der Waals surface area (Å²) >= 11 is 1.75. The third kappa shape index (κ3) is 5.61. The predicted octanol–water partition coefficient (Wildman–Crippen LogP) is 12.8. The fraction of sp³-hybridized carbons (Fsp3) is 0. The van der Waals surface area contributed by atoms with Crippen LogP contribution in [0.15, 0.2) is 182 Å². The highest BCUT2D eigenvalue weighted by molar-refractivity contribution is 7.21. The zero-order valence-corrected chi connectivity index (χ0v) is 27.4. The van der Waals surface area contributed by atoms with Gasteiger partial charge in [0.2, 0.25) is 0 Å². The molecule has 0 aliphatic rings.